The van der Waals surface area contributed by atoms with E-state index in [4.69, 9.17) is 9.15 Å². The highest BCUT2D eigenvalue weighted by Gasteiger charge is 2.25. The molecule has 0 fully saturated rings. The van der Waals surface area contributed by atoms with Crippen LogP contribution in [0.25, 0.3) is 0 Å². The SMILES string of the molecule is Cc1ccc(CCNC(=O)[C@@H]2COc3ccccc3C2)o1. The zero-order valence-electron chi connectivity index (χ0n) is 12.1. The molecule has 0 radical (unpaired) electrons. The zero-order chi connectivity index (χ0) is 14.7. The van der Waals surface area contributed by atoms with Crippen LogP contribution in [0, 0.1) is 12.8 Å². The molecule has 3 rings (SSSR count). The van der Waals surface area contributed by atoms with Crippen LogP contribution in [0.4, 0.5) is 0 Å². The maximum absolute atomic E-state index is 12.2. The van der Waals surface area contributed by atoms with Crippen molar-refractivity contribution in [2.24, 2.45) is 5.92 Å². The molecule has 0 aliphatic carbocycles. The average molecular weight is 285 g/mol. The number of fused-ring (bicyclic) bond motifs is 1. The molecule has 2 heterocycles. The Labute approximate surface area is 124 Å². The molecule has 21 heavy (non-hydrogen) atoms. The summed E-state index contributed by atoms with van der Waals surface area (Å²) in [6.07, 6.45) is 1.45. The van der Waals surface area contributed by atoms with Crippen molar-refractivity contribution in [1.82, 2.24) is 5.32 Å². The highest BCUT2D eigenvalue weighted by Crippen LogP contribution is 2.26. The molecule has 0 saturated heterocycles. The number of benzene rings is 1. The predicted molar refractivity (Wildman–Crippen MR) is 79.3 cm³/mol. The number of amides is 1. The molecular weight excluding hydrogens is 266 g/mol. The van der Waals surface area contributed by atoms with Crippen LogP contribution in [0.15, 0.2) is 40.8 Å². The lowest BCUT2D eigenvalue weighted by atomic mass is 9.96. The van der Waals surface area contributed by atoms with Gasteiger partial charge in [0.1, 0.15) is 23.9 Å². The molecule has 0 unspecified atom stereocenters. The topological polar surface area (TPSA) is 51.5 Å². The van der Waals surface area contributed by atoms with E-state index >= 15 is 0 Å². The summed E-state index contributed by atoms with van der Waals surface area (Å²) in [5, 5.41) is 2.96. The van der Waals surface area contributed by atoms with Crippen molar-refractivity contribution in [3.63, 3.8) is 0 Å². The van der Waals surface area contributed by atoms with E-state index in [2.05, 4.69) is 5.32 Å². The molecule has 4 nitrogen and oxygen atoms in total. The molecule has 1 aliphatic rings. The van der Waals surface area contributed by atoms with E-state index < -0.39 is 0 Å². The lowest BCUT2D eigenvalue weighted by molar-refractivity contribution is -0.126. The van der Waals surface area contributed by atoms with Crippen molar-refractivity contribution >= 4 is 5.91 Å². The summed E-state index contributed by atoms with van der Waals surface area (Å²) >= 11 is 0. The Morgan fingerprint density at radius 2 is 2.14 bits per heavy atom. The number of hydrogen-bond donors (Lipinski definition) is 1. The van der Waals surface area contributed by atoms with E-state index in [1.165, 1.54) is 0 Å². The summed E-state index contributed by atoms with van der Waals surface area (Å²) in [5.41, 5.74) is 1.10. The second-order valence-electron chi connectivity index (χ2n) is 5.37. The molecule has 1 N–H and O–H groups in total. The standard InChI is InChI=1S/C17H19NO3/c1-12-6-7-15(21-12)8-9-18-17(19)14-10-13-4-2-3-5-16(13)20-11-14/h2-7,14H,8-11H2,1H3,(H,18,19)/t14-/m0/s1. The molecule has 1 atom stereocenters. The summed E-state index contributed by atoms with van der Waals surface area (Å²) in [6.45, 7) is 2.95. The minimum atomic E-state index is -0.113. The maximum atomic E-state index is 12.2. The first kappa shape index (κ1) is 13.7. The van der Waals surface area contributed by atoms with Gasteiger partial charge >= 0.3 is 0 Å². The molecule has 1 aliphatic heterocycles. The third kappa shape index (κ3) is 3.27. The Hall–Kier alpha value is -2.23. The van der Waals surface area contributed by atoms with E-state index in [1.807, 2.05) is 43.3 Å². The number of furan rings is 1. The first-order chi connectivity index (χ1) is 10.2. The zero-order valence-corrected chi connectivity index (χ0v) is 12.1. The number of nitrogens with one attached hydrogen (secondary N) is 1. The average Bonchev–Trinajstić information content (AvgIpc) is 2.92. The van der Waals surface area contributed by atoms with Crippen molar-refractivity contribution < 1.29 is 13.9 Å². The van der Waals surface area contributed by atoms with Crippen LogP contribution in [0.2, 0.25) is 0 Å². The van der Waals surface area contributed by atoms with Gasteiger partial charge in [0.2, 0.25) is 5.91 Å². The maximum Gasteiger partial charge on any atom is 0.226 e. The van der Waals surface area contributed by atoms with Gasteiger partial charge in [-0.1, -0.05) is 18.2 Å². The van der Waals surface area contributed by atoms with Crippen molar-refractivity contribution in [2.45, 2.75) is 19.8 Å². The van der Waals surface area contributed by atoms with E-state index in [1.54, 1.807) is 0 Å². The van der Waals surface area contributed by atoms with Crippen LogP contribution < -0.4 is 10.1 Å². The number of carbonyl (C=O) groups excluding carboxylic acids is 1. The van der Waals surface area contributed by atoms with Gasteiger partial charge in [-0.2, -0.15) is 0 Å². The summed E-state index contributed by atoms with van der Waals surface area (Å²) in [7, 11) is 0. The molecule has 1 aromatic carbocycles. The summed E-state index contributed by atoms with van der Waals surface area (Å²) in [5.74, 6) is 2.63. The molecule has 0 spiro atoms. The van der Waals surface area contributed by atoms with Crippen LogP contribution in [0.1, 0.15) is 17.1 Å². The Morgan fingerprint density at radius 3 is 2.95 bits per heavy atom. The molecule has 110 valence electrons. The molecule has 1 aromatic heterocycles. The number of rotatable bonds is 4. The summed E-state index contributed by atoms with van der Waals surface area (Å²) in [4.78, 5) is 12.2. The molecule has 2 aromatic rings. The Balaban J connectivity index is 1.50. The van der Waals surface area contributed by atoms with E-state index in [0.717, 1.165) is 29.3 Å². The lowest BCUT2D eigenvalue weighted by Crippen LogP contribution is -2.38. The summed E-state index contributed by atoms with van der Waals surface area (Å²) in [6, 6.07) is 11.8. The highest BCUT2D eigenvalue weighted by atomic mass is 16.5. The first-order valence-corrected chi connectivity index (χ1v) is 7.26. The van der Waals surface area contributed by atoms with Gasteiger partial charge in [0.15, 0.2) is 0 Å². The van der Waals surface area contributed by atoms with Gasteiger partial charge in [-0.25, -0.2) is 0 Å². The Kier molecular flexibility index (Phi) is 3.95. The number of aryl methyl sites for hydroxylation is 1. The Bertz CT molecular complexity index is 632. The van der Waals surface area contributed by atoms with Gasteiger partial charge in [0.25, 0.3) is 0 Å². The quantitative estimate of drug-likeness (QED) is 0.939. The fourth-order valence-electron chi connectivity index (χ4n) is 2.57. The number of para-hydroxylation sites is 1. The first-order valence-electron chi connectivity index (χ1n) is 7.26. The highest BCUT2D eigenvalue weighted by molar-refractivity contribution is 5.79. The summed E-state index contributed by atoms with van der Waals surface area (Å²) < 4.78 is 11.1. The number of hydrogen-bond acceptors (Lipinski definition) is 3. The van der Waals surface area contributed by atoms with Gasteiger partial charge in [0, 0.05) is 13.0 Å². The predicted octanol–water partition coefficient (Wildman–Crippen LogP) is 2.50. The third-order valence-corrected chi connectivity index (χ3v) is 3.72. The van der Waals surface area contributed by atoms with Crippen LogP contribution in [0.5, 0.6) is 5.75 Å². The van der Waals surface area contributed by atoms with E-state index in [0.29, 0.717) is 19.6 Å². The molecule has 1 amide bonds. The largest absolute Gasteiger partial charge is 0.492 e. The van der Waals surface area contributed by atoms with E-state index in [9.17, 15) is 4.79 Å². The van der Waals surface area contributed by atoms with Crippen molar-refractivity contribution in [3.8, 4) is 5.75 Å². The van der Waals surface area contributed by atoms with Crippen LogP contribution in [-0.4, -0.2) is 19.1 Å². The smallest absolute Gasteiger partial charge is 0.226 e. The number of ether oxygens (including phenoxy) is 1. The van der Waals surface area contributed by atoms with Gasteiger partial charge in [-0.05, 0) is 37.1 Å². The van der Waals surface area contributed by atoms with Gasteiger partial charge < -0.3 is 14.5 Å². The fraction of sp³-hybridized carbons (Fsp3) is 0.353. The van der Waals surface area contributed by atoms with Crippen LogP contribution in [0.3, 0.4) is 0 Å². The van der Waals surface area contributed by atoms with Gasteiger partial charge in [0.05, 0.1) is 5.92 Å². The van der Waals surface area contributed by atoms with Gasteiger partial charge in [-0.15, -0.1) is 0 Å². The van der Waals surface area contributed by atoms with Crippen molar-refractivity contribution in [2.75, 3.05) is 13.2 Å². The molecule has 4 heteroatoms. The van der Waals surface area contributed by atoms with Crippen molar-refractivity contribution in [3.05, 3.63) is 53.5 Å². The minimum Gasteiger partial charge on any atom is -0.492 e. The number of carbonyl (C=O) groups is 1. The fourth-order valence-corrected chi connectivity index (χ4v) is 2.57. The minimum absolute atomic E-state index is 0.0489. The second-order valence-corrected chi connectivity index (χ2v) is 5.37. The monoisotopic (exact) mass is 285 g/mol. The van der Waals surface area contributed by atoms with E-state index in [-0.39, 0.29) is 11.8 Å². The molecule has 0 saturated carbocycles. The second kappa shape index (κ2) is 6.04. The van der Waals surface area contributed by atoms with Crippen molar-refractivity contribution in [1.29, 1.82) is 0 Å². The lowest BCUT2D eigenvalue weighted by Gasteiger charge is -2.24. The van der Waals surface area contributed by atoms with Gasteiger partial charge in [-0.3, -0.25) is 4.79 Å². The molecular formula is C17H19NO3. The third-order valence-electron chi connectivity index (χ3n) is 3.72. The Morgan fingerprint density at radius 1 is 1.29 bits per heavy atom. The normalized spacial score (nSPS) is 16.9. The van der Waals surface area contributed by atoms with Crippen LogP contribution in [-0.2, 0) is 17.6 Å². The van der Waals surface area contributed by atoms with Crippen LogP contribution >= 0.6 is 0 Å². The molecule has 0 bridgehead atoms.